The van der Waals surface area contributed by atoms with Crippen LogP contribution in [0.1, 0.15) is 19.2 Å². The van der Waals surface area contributed by atoms with Crippen molar-refractivity contribution in [2.75, 3.05) is 5.73 Å². The van der Waals surface area contributed by atoms with Crippen LogP contribution in [0, 0.1) is 11.6 Å². The van der Waals surface area contributed by atoms with E-state index in [-0.39, 0.29) is 5.82 Å². The lowest BCUT2D eigenvalue weighted by Gasteiger charge is -2.05. The minimum Gasteiger partial charge on any atom is -0.383 e. The molecule has 2 N–H and O–H groups in total. The SMILES string of the molecule is CCCc1nc(N)c2cc(F)c(F)cc2n1. The molecular formula is C11H11F2N3. The monoisotopic (exact) mass is 223 g/mol. The van der Waals surface area contributed by atoms with Crippen LogP contribution < -0.4 is 5.73 Å². The minimum absolute atomic E-state index is 0.187. The predicted molar refractivity (Wildman–Crippen MR) is 57.9 cm³/mol. The van der Waals surface area contributed by atoms with Crippen molar-refractivity contribution in [3.05, 3.63) is 29.6 Å². The maximum atomic E-state index is 13.0. The lowest BCUT2D eigenvalue weighted by molar-refractivity contribution is 0.510. The highest BCUT2D eigenvalue weighted by atomic mass is 19.2. The normalized spacial score (nSPS) is 10.9. The largest absolute Gasteiger partial charge is 0.383 e. The van der Waals surface area contributed by atoms with Crippen molar-refractivity contribution < 1.29 is 8.78 Å². The summed E-state index contributed by atoms with van der Waals surface area (Å²) in [6, 6.07) is 2.07. The van der Waals surface area contributed by atoms with Gasteiger partial charge in [-0.1, -0.05) is 6.92 Å². The summed E-state index contributed by atoms with van der Waals surface area (Å²) < 4.78 is 26.0. The molecule has 0 bridgehead atoms. The van der Waals surface area contributed by atoms with Gasteiger partial charge >= 0.3 is 0 Å². The van der Waals surface area contributed by atoms with Crippen molar-refractivity contribution in [2.24, 2.45) is 0 Å². The average molecular weight is 223 g/mol. The molecule has 2 rings (SSSR count). The van der Waals surface area contributed by atoms with Gasteiger partial charge in [-0.15, -0.1) is 0 Å². The van der Waals surface area contributed by atoms with E-state index in [1.54, 1.807) is 0 Å². The molecular weight excluding hydrogens is 212 g/mol. The summed E-state index contributed by atoms with van der Waals surface area (Å²) in [6.07, 6.45) is 1.54. The molecule has 5 heteroatoms. The van der Waals surface area contributed by atoms with Gasteiger partial charge in [0.2, 0.25) is 0 Å². The first kappa shape index (κ1) is 10.7. The topological polar surface area (TPSA) is 51.8 Å². The number of nitrogen functional groups attached to an aromatic ring is 1. The highest BCUT2D eigenvalue weighted by molar-refractivity contribution is 5.88. The van der Waals surface area contributed by atoms with Crippen molar-refractivity contribution >= 4 is 16.7 Å². The summed E-state index contributed by atoms with van der Waals surface area (Å²) in [5.41, 5.74) is 6.01. The molecule has 0 unspecified atom stereocenters. The van der Waals surface area contributed by atoms with E-state index < -0.39 is 11.6 Å². The molecule has 0 saturated heterocycles. The summed E-state index contributed by atoms with van der Waals surface area (Å²) in [4.78, 5) is 8.17. The van der Waals surface area contributed by atoms with Crippen LogP contribution in [0.4, 0.5) is 14.6 Å². The predicted octanol–water partition coefficient (Wildman–Crippen LogP) is 2.44. The van der Waals surface area contributed by atoms with E-state index in [0.29, 0.717) is 23.1 Å². The molecule has 0 aliphatic carbocycles. The standard InChI is InChI=1S/C11H11F2N3/c1-2-3-10-15-9-5-8(13)7(12)4-6(9)11(14)16-10/h4-5H,2-3H2,1H3,(H2,14,15,16). The van der Waals surface area contributed by atoms with Gasteiger partial charge in [0.05, 0.1) is 5.52 Å². The maximum absolute atomic E-state index is 13.0. The van der Waals surface area contributed by atoms with Crippen LogP contribution in [-0.4, -0.2) is 9.97 Å². The second kappa shape index (κ2) is 4.00. The lowest BCUT2D eigenvalue weighted by Crippen LogP contribution is -2.02. The zero-order chi connectivity index (χ0) is 11.7. The van der Waals surface area contributed by atoms with Gasteiger partial charge in [0.25, 0.3) is 0 Å². The van der Waals surface area contributed by atoms with E-state index in [2.05, 4.69) is 9.97 Å². The van der Waals surface area contributed by atoms with Crippen molar-refractivity contribution in [1.82, 2.24) is 9.97 Å². The molecule has 2 aromatic rings. The number of aromatic nitrogens is 2. The average Bonchev–Trinajstić information content (AvgIpc) is 2.22. The molecule has 0 aliphatic heterocycles. The molecule has 1 aromatic carbocycles. The number of hydrogen-bond acceptors (Lipinski definition) is 3. The van der Waals surface area contributed by atoms with Crippen LogP contribution in [0.2, 0.25) is 0 Å². The Morgan fingerprint density at radius 2 is 1.88 bits per heavy atom. The number of nitrogens with two attached hydrogens (primary N) is 1. The second-order valence-corrected chi connectivity index (χ2v) is 3.56. The van der Waals surface area contributed by atoms with E-state index in [1.165, 1.54) is 0 Å². The van der Waals surface area contributed by atoms with Gasteiger partial charge in [-0.3, -0.25) is 0 Å². The molecule has 0 atom stereocenters. The Kier molecular flexibility index (Phi) is 2.68. The third kappa shape index (κ3) is 1.80. The highest BCUT2D eigenvalue weighted by Crippen LogP contribution is 2.21. The minimum atomic E-state index is -0.939. The summed E-state index contributed by atoms with van der Waals surface area (Å²) in [7, 11) is 0. The number of anilines is 1. The van der Waals surface area contributed by atoms with Gasteiger partial charge in [0, 0.05) is 17.9 Å². The molecule has 16 heavy (non-hydrogen) atoms. The van der Waals surface area contributed by atoms with Crippen LogP contribution >= 0.6 is 0 Å². The van der Waals surface area contributed by atoms with Crippen molar-refractivity contribution in [3.63, 3.8) is 0 Å². The molecule has 1 heterocycles. The molecule has 3 nitrogen and oxygen atoms in total. The summed E-state index contributed by atoms with van der Waals surface area (Å²) in [5.74, 6) is -1.12. The van der Waals surface area contributed by atoms with Crippen LogP contribution in [0.3, 0.4) is 0 Å². The molecule has 0 saturated carbocycles. The Labute approximate surface area is 91.3 Å². The second-order valence-electron chi connectivity index (χ2n) is 3.56. The number of hydrogen-bond donors (Lipinski definition) is 1. The summed E-state index contributed by atoms with van der Waals surface area (Å²) >= 11 is 0. The number of nitrogens with zero attached hydrogens (tertiary/aromatic N) is 2. The van der Waals surface area contributed by atoms with Crippen molar-refractivity contribution in [3.8, 4) is 0 Å². The third-order valence-electron chi connectivity index (χ3n) is 2.29. The van der Waals surface area contributed by atoms with Gasteiger partial charge in [0.15, 0.2) is 11.6 Å². The molecule has 84 valence electrons. The Morgan fingerprint density at radius 1 is 1.19 bits per heavy atom. The Bertz CT molecular complexity index is 540. The van der Waals surface area contributed by atoms with E-state index >= 15 is 0 Å². The molecule has 0 spiro atoms. The molecule has 0 amide bonds. The fourth-order valence-electron chi connectivity index (χ4n) is 1.53. The highest BCUT2D eigenvalue weighted by Gasteiger charge is 2.09. The zero-order valence-electron chi connectivity index (χ0n) is 8.80. The zero-order valence-corrected chi connectivity index (χ0v) is 8.80. The van der Waals surface area contributed by atoms with Crippen LogP contribution in [0.5, 0.6) is 0 Å². The van der Waals surface area contributed by atoms with Crippen molar-refractivity contribution in [1.29, 1.82) is 0 Å². The molecule has 1 aromatic heterocycles. The van der Waals surface area contributed by atoms with Gasteiger partial charge in [-0.05, 0) is 12.5 Å². The van der Waals surface area contributed by atoms with Gasteiger partial charge in [0.1, 0.15) is 11.6 Å². The Hall–Kier alpha value is -1.78. The van der Waals surface area contributed by atoms with E-state index in [1.807, 2.05) is 6.92 Å². The van der Waals surface area contributed by atoms with Crippen LogP contribution in [-0.2, 0) is 6.42 Å². The van der Waals surface area contributed by atoms with Gasteiger partial charge < -0.3 is 5.73 Å². The van der Waals surface area contributed by atoms with Crippen LogP contribution in [0.15, 0.2) is 12.1 Å². The Balaban J connectivity index is 2.67. The fraction of sp³-hybridized carbons (Fsp3) is 0.273. The Morgan fingerprint density at radius 3 is 2.56 bits per heavy atom. The maximum Gasteiger partial charge on any atom is 0.161 e. The number of rotatable bonds is 2. The number of fused-ring (bicyclic) bond motifs is 1. The summed E-state index contributed by atoms with van der Waals surface area (Å²) in [5, 5.41) is 0.346. The molecule has 0 fully saturated rings. The smallest absolute Gasteiger partial charge is 0.161 e. The number of benzene rings is 1. The van der Waals surface area contributed by atoms with Crippen molar-refractivity contribution in [2.45, 2.75) is 19.8 Å². The van der Waals surface area contributed by atoms with Gasteiger partial charge in [-0.2, -0.15) is 0 Å². The van der Waals surface area contributed by atoms with E-state index in [4.69, 9.17) is 5.73 Å². The molecule has 0 aliphatic rings. The first-order valence-corrected chi connectivity index (χ1v) is 5.03. The number of halogens is 2. The van der Waals surface area contributed by atoms with Crippen LogP contribution in [0.25, 0.3) is 10.9 Å². The van der Waals surface area contributed by atoms with Gasteiger partial charge in [-0.25, -0.2) is 18.7 Å². The fourth-order valence-corrected chi connectivity index (χ4v) is 1.53. The number of aryl methyl sites for hydroxylation is 1. The first-order valence-electron chi connectivity index (χ1n) is 5.03. The van der Waals surface area contributed by atoms with E-state index in [0.717, 1.165) is 18.6 Å². The third-order valence-corrected chi connectivity index (χ3v) is 2.29. The van der Waals surface area contributed by atoms with E-state index in [9.17, 15) is 8.78 Å². The lowest BCUT2D eigenvalue weighted by atomic mass is 10.2. The first-order chi connectivity index (χ1) is 7.61. The summed E-state index contributed by atoms with van der Waals surface area (Å²) in [6.45, 7) is 1.98. The quantitative estimate of drug-likeness (QED) is 0.850. The molecule has 0 radical (unpaired) electrons.